The van der Waals surface area contributed by atoms with E-state index >= 15 is 0 Å². The standard InChI is InChI=1S/C22H14BrNO4/c23-16-6-9-18-15(11-22(26)28-20(18)12-16)13-27-21(25)10-8-17-7-5-14-3-1-2-4-19(14)24-17/h1-12H,13H2/b10-8+. The summed E-state index contributed by atoms with van der Waals surface area (Å²) in [6.07, 6.45) is 2.92. The third kappa shape index (κ3) is 4.02. The van der Waals surface area contributed by atoms with Gasteiger partial charge in [0, 0.05) is 33.0 Å². The molecule has 0 aliphatic rings. The first-order valence-electron chi connectivity index (χ1n) is 8.51. The molecule has 2 aromatic heterocycles. The van der Waals surface area contributed by atoms with Gasteiger partial charge in [0.15, 0.2) is 0 Å². The van der Waals surface area contributed by atoms with E-state index in [0.717, 1.165) is 20.8 Å². The van der Waals surface area contributed by atoms with Gasteiger partial charge in [0.25, 0.3) is 0 Å². The second-order valence-electron chi connectivity index (χ2n) is 6.10. The topological polar surface area (TPSA) is 69.4 Å². The Bertz CT molecular complexity index is 1280. The molecule has 0 amide bonds. The molecule has 0 aliphatic carbocycles. The number of aromatic nitrogens is 1. The summed E-state index contributed by atoms with van der Waals surface area (Å²) < 4.78 is 11.3. The minimum Gasteiger partial charge on any atom is -0.458 e. The molecule has 0 spiro atoms. The molecule has 0 bridgehead atoms. The molecule has 2 heterocycles. The van der Waals surface area contributed by atoms with Crippen LogP contribution in [-0.2, 0) is 16.1 Å². The van der Waals surface area contributed by atoms with Gasteiger partial charge in [-0.25, -0.2) is 14.6 Å². The van der Waals surface area contributed by atoms with Crippen molar-refractivity contribution in [3.8, 4) is 0 Å². The number of para-hydroxylation sites is 1. The number of esters is 1. The first-order valence-corrected chi connectivity index (χ1v) is 9.31. The normalized spacial score (nSPS) is 11.3. The molecule has 4 aromatic rings. The van der Waals surface area contributed by atoms with Crippen molar-refractivity contribution in [2.75, 3.05) is 0 Å². The van der Waals surface area contributed by atoms with Gasteiger partial charge in [-0.3, -0.25) is 0 Å². The molecule has 0 unspecified atom stereocenters. The highest BCUT2D eigenvalue weighted by molar-refractivity contribution is 9.10. The van der Waals surface area contributed by atoms with Gasteiger partial charge in [-0.1, -0.05) is 40.2 Å². The zero-order valence-electron chi connectivity index (χ0n) is 14.6. The SMILES string of the molecule is O=C(/C=C/c1ccc2ccccc2n1)OCc1cc(=O)oc2cc(Br)ccc12. The van der Waals surface area contributed by atoms with Gasteiger partial charge in [0.1, 0.15) is 12.2 Å². The summed E-state index contributed by atoms with van der Waals surface area (Å²) in [5.41, 5.74) is 2.04. The quantitative estimate of drug-likeness (QED) is 0.260. The molecule has 0 radical (unpaired) electrons. The van der Waals surface area contributed by atoms with Crippen LogP contribution in [0, 0.1) is 0 Å². The van der Waals surface area contributed by atoms with E-state index in [0.29, 0.717) is 16.8 Å². The molecule has 0 saturated carbocycles. The molecule has 4 rings (SSSR count). The van der Waals surface area contributed by atoms with E-state index in [1.54, 1.807) is 18.2 Å². The van der Waals surface area contributed by atoms with Crippen LogP contribution in [0.15, 0.2) is 80.4 Å². The van der Waals surface area contributed by atoms with Crippen molar-refractivity contribution in [2.45, 2.75) is 6.61 Å². The van der Waals surface area contributed by atoms with Crippen molar-refractivity contribution >= 4 is 49.8 Å². The minimum absolute atomic E-state index is 0.0297. The maximum Gasteiger partial charge on any atom is 0.336 e. The van der Waals surface area contributed by atoms with Crippen LogP contribution >= 0.6 is 15.9 Å². The summed E-state index contributed by atoms with van der Waals surface area (Å²) in [5, 5.41) is 1.75. The van der Waals surface area contributed by atoms with E-state index in [4.69, 9.17) is 9.15 Å². The lowest BCUT2D eigenvalue weighted by atomic mass is 10.1. The maximum absolute atomic E-state index is 12.1. The van der Waals surface area contributed by atoms with E-state index in [2.05, 4.69) is 20.9 Å². The molecule has 138 valence electrons. The molecule has 0 atom stereocenters. The number of carbonyl (C=O) groups excluding carboxylic acids is 1. The number of benzene rings is 2. The van der Waals surface area contributed by atoms with Crippen LogP contribution in [0.2, 0.25) is 0 Å². The highest BCUT2D eigenvalue weighted by Crippen LogP contribution is 2.22. The van der Waals surface area contributed by atoms with Gasteiger partial charge in [-0.15, -0.1) is 0 Å². The summed E-state index contributed by atoms with van der Waals surface area (Å²) in [6, 6.07) is 18.2. The van der Waals surface area contributed by atoms with Crippen molar-refractivity contribution < 1.29 is 13.9 Å². The van der Waals surface area contributed by atoms with Crippen molar-refractivity contribution in [3.05, 3.63) is 92.9 Å². The van der Waals surface area contributed by atoms with Crippen LogP contribution in [0.4, 0.5) is 0 Å². The molecule has 5 nitrogen and oxygen atoms in total. The fourth-order valence-electron chi connectivity index (χ4n) is 2.85. The third-order valence-electron chi connectivity index (χ3n) is 4.17. The minimum atomic E-state index is -0.520. The summed E-state index contributed by atoms with van der Waals surface area (Å²) >= 11 is 3.34. The highest BCUT2D eigenvalue weighted by Gasteiger charge is 2.08. The fourth-order valence-corrected chi connectivity index (χ4v) is 3.19. The first kappa shape index (κ1) is 18.1. The third-order valence-corrected chi connectivity index (χ3v) is 4.67. The maximum atomic E-state index is 12.1. The molecule has 0 aliphatic heterocycles. The molecule has 0 fully saturated rings. The van der Waals surface area contributed by atoms with Crippen molar-refractivity contribution in [2.24, 2.45) is 0 Å². The van der Waals surface area contributed by atoms with E-state index in [1.807, 2.05) is 42.5 Å². The Kier molecular flexibility index (Phi) is 5.04. The number of ether oxygens (including phenoxy) is 1. The molecule has 0 saturated heterocycles. The average Bonchev–Trinajstić information content (AvgIpc) is 2.69. The van der Waals surface area contributed by atoms with Gasteiger partial charge in [-0.05, 0) is 36.4 Å². The molecular weight excluding hydrogens is 422 g/mol. The van der Waals surface area contributed by atoms with E-state index < -0.39 is 11.6 Å². The Labute approximate surface area is 168 Å². The summed E-state index contributed by atoms with van der Waals surface area (Å²) in [6.45, 7) is -0.0297. The number of fused-ring (bicyclic) bond motifs is 2. The zero-order chi connectivity index (χ0) is 19.5. The van der Waals surface area contributed by atoms with Gasteiger partial charge >= 0.3 is 11.6 Å². The fraction of sp³-hybridized carbons (Fsp3) is 0.0455. The first-order chi connectivity index (χ1) is 13.6. The van der Waals surface area contributed by atoms with Crippen LogP contribution in [0.5, 0.6) is 0 Å². The van der Waals surface area contributed by atoms with E-state index in [-0.39, 0.29) is 6.61 Å². The Morgan fingerprint density at radius 2 is 1.96 bits per heavy atom. The zero-order valence-corrected chi connectivity index (χ0v) is 16.2. The van der Waals surface area contributed by atoms with Crippen LogP contribution in [-0.4, -0.2) is 11.0 Å². The molecule has 6 heteroatoms. The van der Waals surface area contributed by atoms with E-state index in [9.17, 15) is 9.59 Å². The molecule has 0 N–H and O–H groups in total. The number of pyridine rings is 1. The van der Waals surface area contributed by atoms with Crippen LogP contribution in [0.1, 0.15) is 11.3 Å². The summed E-state index contributed by atoms with van der Waals surface area (Å²) in [7, 11) is 0. The number of nitrogens with zero attached hydrogens (tertiary/aromatic N) is 1. The monoisotopic (exact) mass is 435 g/mol. The van der Waals surface area contributed by atoms with Crippen molar-refractivity contribution in [3.63, 3.8) is 0 Å². The predicted octanol–water partition coefficient (Wildman–Crippen LogP) is 4.86. The average molecular weight is 436 g/mol. The molecule has 28 heavy (non-hydrogen) atoms. The second kappa shape index (κ2) is 7.78. The van der Waals surface area contributed by atoms with Gasteiger partial charge < -0.3 is 9.15 Å². The van der Waals surface area contributed by atoms with Crippen molar-refractivity contribution in [1.82, 2.24) is 4.98 Å². The van der Waals surface area contributed by atoms with Gasteiger partial charge in [-0.2, -0.15) is 0 Å². The number of hydrogen-bond acceptors (Lipinski definition) is 5. The smallest absolute Gasteiger partial charge is 0.336 e. The van der Waals surface area contributed by atoms with Crippen LogP contribution in [0.3, 0.4) is 0 Å². The highest BCUT2D eigenvalue weighted by atomic mass is 79.9. The Morgan fingerprint density at radius 1 is 1.11 bits per heavy atom. The summed E-state index contributed by atoms with van der Waals surface area (Å²) in [5.74, 6) is -0.520. The molecular formula is C22H14BrNO4. The Hall–Kier alpha value is -3.25. The van der Waals surface area contributed by atoms with Gasteiger partial charge in [0.2, 0.25) is 0 Å². The van der Waals surface area contributed by atoms with E-state index in [1.165, 1.54) is 12.1 Å². The number of rotatable bonds is 4. The largest absolute Gasteiger partial charge is 0.458 e. The lowest BCUT2D eigenvalue weighted by molar-refractivity contribution is -0.138. The van der Waals surface area contributed by atoms with Crippen LogP contribution in [0.25, 0.3) is 27.9 Å². The molecule has 2 aromatic carbocycles. The van der Waals surface area contributed by atoms with Gasteiger partial charge in [0.05, 0.1) is 11.2 Å². The second-order valence-corrected chi connectivity index (χ2v) is 7.02. The Morgan fingerprint density at radius 3 is 2.86 bits per heavy atom. The van der Waals surface area contributed by atoms with Crippen molar-refractivity contribution in [1.29, 1.82) is 0 Å². The number of carbonyl (C=O) groups is 1. The number of halogens is 1. The predicted molar refractivity (Wildman–Crippen MR) is 111 cm³/mol. The summed E-state index contributed by atoms with van der Waals surface area (Å²) in [4.78, 5) is 28.3. The number of hydrogen-bond donors (Lipinski definition) is 0. The lowest BCUT2D eigenvalue weighted by Crippen LogP contribution is -2.05. The lowest BCUT2D eigenvalue weighted by Gasteiger charge is -2.06. The van der Waals surface area contributed by atoms with Crippen LogP contribution < -0.4 is 5.63 Å². The Balaban J connectivity index is 1.49.